The van der Waals surface area contributed by atoms with Gasteiger partial charge in [0.15, 0.2) is 0 Å². The summed E-state index contributed by atoms with van der Waals surface area (Å²) in [7, 11) is 0. The highest BCUT2D eigenvalue weighted by atomic mass is 32.1. The molecule has 2 aromatic heterocycles. The maximum Gasteiger partial charge on any atom is 0.275 e. The minimum Gasteiger partial charge on any atom is -0.370 e. The second-order valence-corrected chi connectivity index (χ2v) is 4.57. The molecule has 0 aromatic carbocycles. The molecule has 0 bridgehead atoms. The van der Waals surface area contributed by atoms with E-state index in [1.165, 1.54) is 12.1 Å². The van der Waals surface area contributed by atoms with E-state index in [4.69, 9.17) is 0 Å². The summed E-state index contributed by atoms with van der Waals surface area (Å²) in [5.41, 5.74) is 1.59. The van der Waals surface area contributed by atoms with Gasteiger partial charge in [-0.25, -0.2) is 4.98 Å². The molecule has 18 heavy (non-hydrogen) atoms. The Morgan fingerprint density at radius 3 is 2.94 bits per heavy atom. The largest absolute Gasteiger partial charge is 0.370 e. The Morgan fingerprint density at radius 1 is 1.50 bits per heavy atom. The van der Waals surface area contributed by atoms with Crippen LogP contribution in [0.5, 0.6) is 0 Å². The van der Waals surface area contributed by atoms with Gasteiger partial charge in [-0.3, -0.25) is 10.1 Å². The average molecular weight is 263 g/mol. The fourth-order valence-electron chi connectivity index (χ4n) is 1.52. The van der Waals surface area contributed by atoms with Crippen LogP contribution in [-0.2, 0) is 0 Å². The summed E-state index contributed by atoms with van der Waals surface area (Å²) in [5.74, 6) is 0.548. The molecule has 0 atom stereocenters. The predicted molar refractivity (Wildman–Crippen MR) is 73.0 cm³/mol. The lowest BCUT2D eigenvalue weighted by atomic mass is 10.2. The van der Waals surface area contributed by atoms with Crippen molar-refractivity contribution >= 4 is 22.8 Å². The Balaban J connectivity index is 2.40. The summed E-state index contributed by atoms with van der Waals surface area (Å²) in [6.07, 6.45) is 0.943. The Kier molecular flexibility index (Phi) is 3.88. The van der Waals surface area contributed by atoms with Crippen LogP contribution in [0.15, 0.2) is 29.0 Å². The Morgan fingerprint density at radius 2 is 2.33 bits per heavy atom. The van der Waals surface area contributed by atoms with Gasteiger partial charge in [-0.05, 0) is 17.9 Å². The molecule has 2 aromatic rings. The monoisotopic (exact) mass is 263 g/mol. The van der Waals surface area contributed by atoms with Crippen LogP contribution in [0.1, 0.15) is 13.3 Å². The average Bonchev–Trinajstić information content (AvgIpc) is 2.89. The van der Waals surface area contributed by atoms with Crippen molar-refractivity contribution in [3.8, 4) is 11.3 Å². The van der Waals surface area contributed by atoms with Crippen LogP contribution in [-0.4, -0.2) is 16.5 Å². The number of hydrogen-bond donors (Lipinski definition) is 1. The Hall–Kier alpha value is -1.95. The lowest BCUT2D eigenvalue weighted by Gasteiger charge is -2.06. The number of anilines is 1. The van der Waals surface area contributed by atoms with Crippen LogP contribution in [0.2, 0.25) is 0 Å². The highest BCUT2D eigenvalue weighted by molar-refractivity contribution is 7.08. The van der Waals surface area contributed by atoms with Gasteiger partial charge in [-0.1, -0.05) is 6.92 Å². The molecule has 0 aliphatic carbocycles. The minimum atomic E-state index is -0.394. The number of nitro groups is 1. The van der Waals surface area contributed by atoms with Crippen molar-refractivity contribution in [1.82, 2.24) is 4.98 Å². The van der Waals surface area contributed by atoms with Gasteiger partial charge in [0.25, 0.3) is 5.69 Å². The van der Waals surface area contributed by atoms with Crippen molar-refractivity contribution in [3.63, 3.8) is 0 Å². The molecule has 0 unspecified atom stereocenters. The highest BCUT2D eigenvalue weighted by Gasteiger charge is 2.12. The quantitative estimate of drug-likeness (QED) is 0.661. The van der Waals surface area contributed by atoms with E-state index in [0.29, 0.717) is 11.5 Å². The molecule has 94 valence electrons. The first-order chi connectivity index (χ1) is 8.70. The van der Waals surface area contributed by atoms with Crippen LogP contribution in [0.3, 0.4) is 0 Å². The zero-order valence-corrected chi connectivity index (χ0v) is 10.7. The molecule has 0 saturated heterocycles. The number of nitrogens with zero attached hydrogens (tertiary/aromatic N) is 2. The maximum atomic E-state index is 10.9. The first-order valence-electron chi connectivity index (χ1n) is 5.63. The molecule has 0 amide bonds. The van der Waals surface area contributed by atoms with E-state index in [1.54, 1.807) is 11.3 Å². The van der Waals surface area contributed by atoms with E-state index in [2.05, 4.69) is 10.3 Å². The van der Waals surface area contributed by atoms with Gasteiger partial charge < -0.3 is 5.32 Å². The van der Waals surface area contributed by atoms with Crippen LogP contribution in [0.25, 0.3) is 11.3 Å². The van der Waals surface area contributed by atoms with E-state index in [0.717, 1.165) is 18.5 Å². The lowest BCUT2D eigenvalue weighted by Crippen LogP contribution is -2.03. The highest BCUT2D eigenvalue weighted by Crippen LogP contribution is 2.26. The molecule has 1 N–H and O–H groups in total. The summed E-state index contributed by atoms with van der Waals surface area (Å²) in [5, 5.41) is 17.8. The van der Waals surface area contributed by atoms with Gasteiger partial charge in [-0.2, -0.15) is 11.3 Å². The third-order valence-corrected chi connectivity index (χ3v) is 3.08. The summed E-state index contributed by atoms with van der Waals surface area (Å²) in [4.78, 5) is 14.9. The fourth-order valence-corrected chi connectivity index (χ4v) is 2.17. The minimum absolute atomic E-state index is 0.0600. The molecular weight excluding hydrogens is 250 g/mol. The number of thiophene rings is 1. The predicted octanol–water partition coefficient (Wildman–Crippen LogP) is 3.54. The number of aromatic nitrogens is 1. The van der Waals surface area contributed by atoms with Crippen LogP contribution >= 0.6 is 11.3 Å². The molecule has 2 rings (SSSR count). The summed E-state index contributed by atoms with van der Waals surface area (Å²) in [6, 6.07) is 4.87. The molecule has 2 heterocycles. The van der Waals surface area contributed by atoms with Gasteiger partial charge in [0.05, 0.1) is 16.7 Å². The Labute approximate surface area is 109 Å². The van der Waals surface area contributed by atoms with Crippen LogP contribution < -0.4 is 5.32 Å². The van der Waals surface area contributed by atoms with Crippen LogP contribution in [0, 0.1) is 10.1 Å². The zero-order chi connectivity index (χ0) is 13.0. The van der Waals surface area contributed by atoms with Gasteiger partial charge in [0, 0.05) is 23.6 Å². The van der Waals surface area contributed by atoms with Crippen molar-refractivity contribution < 1.29 is 4.92 Å². The van der Waals surface area contributed by atoms with E-state index < -0.39 is 4.92 Å². The fraction of sp³-hybridized carbons (Fsp3) is 0.250. The zero-order valence-electron chi connectivity index (χ0n) is 9.92. The molecule has 0 aliphatic rings. The van der Waals surface area contributed by atoms with E-state index >= 15 is 0 Å². The topological polar surface area (TPSA) is 68.1 Å². The van der Waals surface area contributed by atoms with E-state index in [9.17, 15) is 10.1 Å². The second kappa shape index (κ2) is 5.59. The standard InChI is InChI=1S/C12H13N3O2S/c1-2-4-13-12-7-10(15(16)17)6-11(14-12)9-3-5-18-8-9/h3,5-8H,2,4H2,1H3,(H,13,14). The first-order valence-corrected chi connectivity index (χ1v) is 6.58. The van der Waals surface area contributed by atoms with Crippen molar-refractivity contribution in [2.24, 2.45) is 0 Å². The molecule has 0 radical (unpaired) electrons. The smallest absolute Gasteiger partial charge is 0.275 e. The molecule has 0 fully saturated rings. The van der Waals surface area contributed by atoms with Crippen molar-refractivity contribution in [2.75, 3.05) is 11.9 Å². The Bertz CT molecular complexity index is 540. The molecule has 0 aliphatic heterocycles. The maximum absolute atomic E-state index is 10.9. The van der Waals surface area contributed by atoms with Gasteiger partial charge in [0.1, 0.15) is 5.82 Å². The van der Waals surface area contributed by atoms with Crippen LogP contribution in [0.4, 0.5) is 11.5 Å². The van der Waals surface area contributed by atoms with Gasteiger partial charge >= 0.3 is 0 Å². The molecule has 0 spiro atoms. The normalized spacial score (nSPS) is 10.3. The van der Waals surface area contributed by atoms with Crippen molar-refractivity contribution in [3.05, 3.63) is 39.1 Å². The lowest BCUT2D eigenvalue weighted by molar-refractivity contribution is -0.384. The third kappa shape index (κ3) is 2.84. The molecule has 6 heteroatoms. The molecular formula is C12H13N3O2S. The van der Waals surface area contributed by atoms with Crippen molar-refractivity contribution in [2.45, 2.75) is 13.3 Å². The third-order valence-electron chi connectivity index (χ3n) is 2.39. The SMILES string of the molecule is CCCNc1cc([N+](=O)[O-])cc(-c2ccsc2)n1. The number of pyridine rings is 1. The summed E-state index contributed by atoms with van der Waals surface area (Å²) < 4.78 is 0. The second-order valence-electron chi connectivity index (χ2n) is 3.79. The van der Waals surface area contributed by atoms with E-state index in [-0.39, 0.29) is 5.69 Å². The van der Waals surface area contributed by atoms with E-state index in [1.807, 2.05) is 23.8 Å². The molecule has 5 nitrogen and oxygen atoms in total. The number of nitrogens with one attached hydrogen (secondary N) is 1. The van der Waals surface area contributed by atoms with Gasteiger partial charge in [-0.15, -0.1) is 0 Å². The summed E-state index contributed by atoms with van der Waals surface area (Å²) >= 11 is 1.54. The number of rotatable bonds is 5. The first kappa shape index (κ1) is 12.5. The van der Waals surface area contributed by atoms with Gasteiger partial charge in [0.2, 0.25) is 0 Å². The molecule has 0 saturated carbocycles. The number of hydrogen-bond acceptors (Lipinski definition) is 5. The van der Waals surface area contributed by atoms with Crippen molar-refractivity contribution in [1.29, 1.82) is 0 Å². The summed E-state index contributed by atoms with van der Waals surface area (Å²) in [6.45, 7) is 2.78.